The van der Waals surface area contributed by atoms with Crippen molar-refractivity contribution in [2.45, 2.75) is 101 Å². The van der Waals surface area contributed by atoms with Crippen LogP contribution in [0.15, 0.2) is 60.8 Å². The smallest absolute Gasteiger partial charge is 0.407 e. The molecule has 4 amide bonds. The van der Waals surface area contributed by atoms with Gasteiger partial charge in [0, 0.05) is 35.7 Å². The number of hydrogen-bond donors (Lipinski definition) is 4. The normalized spacial score (nSPS) is 22.5. The van der Waals surface area contributed by atoms with Gasteiger partial charge in [-0.2, -0.15) is 14.0 Å². The highest BCUT2D eigenvalue weighted by Crippen LogP contribution is 2.59. The average Bonchev–Trinajstić information content (AvgIpc) is 3.98. The van der Waals surface area contributed by atoms with Crippen molar-refractivity contribution in [1.29, 1.82) is 5.26 Å². The summed E-state index contributed by atoms with van der Waals surface area (Å²) in [6.07, 6.45) is 5.70. The molecule has 2 aromatic heterocycles. The Morgan fingerprint density at radius 2 is 1.58 bits per heavy atom. The second-order valence-electron chi connectivity index (χ2n) is 19.0. The Kier molecular flexibility index (Phi) is 10.6. The molecule has 4 N–H and O–H groups in total. The number of carbonyl (C=O) groups excluding carboxylic acids is 4. The quantitative estimate of drug-likeness (QED) is 0.101. The van der Waals surface area contributed by atoms with Crippen LogP contribution in [0.4, 0.5) is 18.4 Å². The Morgan fingerprint density at radius 3 is 2.27 bits per heavy atom. The lowest BCUT2D eigenvalue weighted by molar-refractivity contribution is -0.138. The van der Waals surface area contributed by atoms with E-state index in [2.05, 4.69) is 26.7 Å². The SMILES string of the molecule is COC(=O)N[C@@H](CCC#N)C(=O)N1[C@@H]2CC[C@@H](C2)[C@H]1c1nc2ccc(-c3ccc4c(c3)C(F)(F)c3cc(-c5cnc([C@@H]6CC7(CC7)CN6C(=O)[C@H](NC(=O)OC)C(C)C)[nH]5)ccc3-4)cc2[nH]1. The van der Waals surface area contributed by atoms with E-state index in [-0.39, 0.29) is 71.2 Å². The van der Waals surface area contributed by atoms with Crippen molar-refractivity contribution in [2.24, 2.45) is 17.3 Å². The molecule has 2 aliphatic heterocycles. The van der Waals surface area contributed by atoms with Crippen molar-refractivity contribution in [3.8, 4) is 39.6 Å². The molecule has 3 aliphatic carbocycles. The summed E-state index contributed by atoms with van der Waals surface area (Å²) in [5, 5.41) is 14.6. The van der Waals surface area contributed by atoms with Crippen LogP contribution in [0.1, 0.15) is 100 Å². The molecule has 2 saturated heterocycles. The van der Waals surface area contributed by atoms with Crippen LogP contribution in [0, 0.1) is 28.6 Å². The summed E-state index contributed by atoms with van der Waals surface area (Å²) >= 11 is 0. The fraction of sp³-hybridized carbons (Fsp3) is 0.449. The highest BCUT2D eigenvalue weighted by Gasteiger charge is 2.56. The summed E-state index contributed by atoms with van der Waals surface area (Å²) in [5.74, 6) is -2.64. The van der Waals surface area contributed by atoms with Crippen molar-refractivity contribution in [2.75, 3.05) is 20.8 Å². The molecular formula is C49H51F2N9O6. The zero-order valence-corrected chi connectivity index (χ0v) is 37.1. The number of piperidine rings is 1. The van der Waals surface area contributed by atoms with Crippen molar-refractivity contribution in [3.63, 3.8) is 0 Å². The van der Waals surface area contributed by atoms with E-state index >= 15 is 8.78 Å². The minimum Gasteiger partial charge on any atom is -0.453 e. The molecule has 5 aliphatic rings. The second kappa shape index (κ2) is 16.2. The molecule has 17 heteroatoms. The van der Waals surface area contributed by atoms with Crippen LogP contribution in [-0.4, -0.2) is 92.6 Å². The van der Waals surface area contributed by atoms with E-state index in [0.717, 1.165) is 32.1 Å². The molecule has 0 unspecified atom stereocenters. The number of fused-ring (bicyclic) bond motifs is 6. The van der Waals surface area contributed by atoms with Crippen LogP contribution in [0.5, 0.6) is 0 Å². The Bertz CT molecular complexity index is 2830. The van der Waals surface area contributed by atoms with Gasteiger partial charge in [0.15, 0.2) is 0 Å². The number of methoxy groups -OCH3 is 2. The van der Waals surface area contributed by atoms with Gasteiger partial charge in [-0.1, -0.05) is 44.2 Å². The summed E-state index contributed by atoms with van der Waals surface area (Å²) in [7, 11) is 2.49. The number of alkyl halides is 2. The number of aromatic amines is 2. The van der Waals surface area contributed by atoms with Crippen molar-refractivity contribution in [3.05, 3.63) is 83.6 Å². The molecule has 66 heavy (non-hydrogen) atoms. The van der Waals surface area contributed by atoms with Crippen LogP contribution in [0.2, 0.25) is 0 Å². The Balaban J connectivity index is 0.892. The molecule has 1 spiro atoms. The third-order valence-electron chi connectivity index (χ3n) is 14.6. The fourth-order valence-corrected chi connectivity index (χ4v) is 11.0. The van der Waals surface area contributed by atoms with Crippen LogP contribution in [0.25, 0.3) is 44.5 Å². The highest BCUT2D eigenvalue weighted by molar-refractivity contribution is 5.89. The Morgan fingerprint density at radius 1 is 0.894 bits per heavy atom. The number of nitrogens with one attached hydrogen (secondary N) is 4. The number of aromatic nitrogens is 4. The molecule has 0 radical (unpaired) electrons. The van der Waals surface area contributed by atoms with Crippen molar-refractivity contribution < 1.29 is 37.4 Å². The molecule has 342 valence electrons. The lowest BCUT2D eigenvalue weighted by Gasteiger charge is -2.36. The zero-order valence-electron chi connectivity index (χ0n) is 37.1. The summed E-state index contributed by atoms with van der Waals surface area (Å²) in [6, 6.07) is 15.4. The van der Waals surface area contributed by atoms with E-state index in [1.54, 1.807) is 35.4 Å². The van der Waals surface area contributed by atoms with E-state index in [0.29, 0.717) is 69.2 Å². The summed E-state index contributed by atoms with van der Waals surface area (Å²) in [4.78, 5) is 72.3. The summed E-state index contributed by atoms with van der Waals surface area (Å²) < 4.78 is 42.9. The first-order chi connectivity index (χ1) is 31.7. The zero-order chi connectivity index (χ0) is 46.2. The lowest BCUT2D eigenvalue weighted by atomic mass is 9.97. The van der Waals surface area contributed by atoms with E-state index < -0.39 is 30.2 Å². The van der Waals surface area contributed by atoms with Gasteiger partial charge in [-0.25, -0.2) is 19.6 Å². The summed E-state index contributed by atoms with van der Waals surface area (Å²) in [6.45, 7) is 4.28. The molecule has 4 fully saturated rings. The van der Waals surface area contributed by atoms with E-state index in [4.69, 9.17) is 19.4 Å². The number of H-pyrrole nitrogens is 2. The van der Waals surface area contributed by atoms with Gasteiger partial charge in [0.05, 0.1) is 55.3 Å². The molecule has 2 bridgehead atoms. The first-order valence-corrected chi connectivity index (χ1v) is 22.6. The third kappa shape index (κ3) is 7.30. The monoisotopic (exact) mass is 899 g/mol. The number of benzene rings is 3. The second-order valence-corrected chi connectivity index (χ2v) is 19.0. The van der Waals surface area contributed by atoms with Gasteiger partial charge >= 0.3 is 12.2 Å². The van der Waals surface area contributed by atoms with Crippen LogP contribution < -0.4 is 10.6 Å². The minimum atomic E-state index is -3.30. The number of alkyl carbamates (subject to hydrolysis) is 2. The molecule has 5 aromatic rings. The number of nitriles is 1. The van der Waals surface area contributed by atoms with E-state index in [9.17, 15) is 24.4 Å². The number of ether oxygens (including phenoxy) is 2. The van der Waals surface area contributed by atoms with Gasteiger partial charge in [0.1, 0.15) is 23.7 Å². The van der Waals surface area contributed by atoms with E-state index in [1.165, 1.54) is 20.3 Å². The number of rotatable bonds is 11. The van der Waals surface area contributed by atoms with Gasteiger partial charge in [0.25, 0.3) is 5.92 Å². The van der Waals surface area contributed by atoms with Crippen molar-refractivity contribution >= 4 is 35.0 Å². The average molecular weight is 900 g/mol. The Labute approximate surface area is 379 Å². The predicted octanol–water partition coefficient (Wildman–Crippen LogP) is 8.26. The van der Waals surface area contributed by atoms with Gasteiger partial charge in [-0.15, -0.1) is 0 Å². The maximum atomic E-state index is 16.7. The third-order valence-corrected chi connectivity index (χ3v) is 14.6. The summed E-state index contributed by atoms with van der Waals surface area (Å²) in [5.41, 5.74) is 4.47. The number of nitrogens with zero attached hydrogens (tertiary/aromatic N) is 5. The van der Waals surface area contributed by atoms with Gasteiger partial charge in [-0.3, -0.25) is 9.59 Å². The largest absolute Gasteiger partial charge is 0.453 e. The number of imidazole rings is 2. The van der Waals surface area contributed by atoms with E-state index in [1.807, 2.05) is 43.0 Å². The van der Waals surface area contributed by atoms with Crippen LogP contribution in [-0.2, 0) is 25.0 Å². The first-order valence-electron chi connectivity index (χ1n) is 22.6. The molecule has 4 heterocycles. The molecule has 15 nitrogen and oxygen atoms in total. The molecular weight excluding hydrogens is 849 g/mol. The van der Waals surface area contributed by atoms with Crippen LogP contribution in [0.3, 0.4) is 0 Å². The molecule has 10 rings (SSSR count). The van der Waals surface area contributed by atoms with Gasteiger partial charge in [-0.05, 0) is 109 Å². The minimum absolute atomic E-state index is 0.00300. The number of likely N-dealkylation sites (tertiary alicyclic amines) is 2. The predicted molar refractivity (Wildman–Crippen MR) is 237 cm³/mol. The van der Waals surface area contributed by atoms with Crippen molar-refractivity contribution in [1.82, 2.24) is 40.4 Å². The lowest BCUT2D eigenvalue weighted by Crippen LogP contribution is -2.51. The first kappa shape index (κ1) is 43.1. The maximum Gasteiger partial charge on any atom is 0.407 e. The Hall–Kier alpha value is -6.83. The number of amides is 4. The highest BCUT2D eigenvalue weighted by atomic mass is 19.3. The van der Waals surface area contributed by atoms with Crippen LogP contribution >= 0.6 is 0 Å². The molecule has 3 aromatic carbocycles. The number of hydrogen-bond acceptors (Lipinski definition) is 9. The number of carbonyl (C=O) groups is 4. The molecule has 2 saturated carbocycles. The molecule has 6 atom stereocenters. The number of halogens is 2. The standard InChI is InChI=1S/C49H51F2N9O6/c1-25(2)40(58-47(64)66-4)45(62)59-24-48(15-16-48)22-39(59)42-53-23-38(56-42)28-9-13-32-31-12-8-26(19-33(31)49(50,51)34(32)20-28)27-10-14-35-37(21-27)55-43(54-35)41-29-7-11-30(18-29)60(41)44(61)36(6-5-17-52)57-46(63)65-3/h8-10,12-14,19-21,23,25,29-30,36,39-41H,5-7,11,15-16,18,22,24H2,1-4H3,(H,53,56)(H,54,55)(H,57,63)(H,58,64)/t29-,30+,36-,39-,40+,41-/m0/s1. The van der Waals surface area contributed by atoms with Gasteiger partial charge < -0.3 is 39.9 Å². The maximum absolute atomic E-state index is 16.7. The van der Waals surface area contributed by atoms with Gasteiger partial charge in [0.2, 0.25) is 11.8 Å². The topological polar surface area (TPSA) is 198 Å². The fourth-order valence-electron chi connectivity index (χ4n) is 11.0.